The van der Waals surface area contributed by atoms with Crippen molar-refractivity contribution in [1.29, 1.82) is 0 Å². The third kappa shape index (κ3) is 3.89. The molecule has 0 amide bonds. The molecule has 2 aromatic rings. The molecule has 4 heteroatoms. The summed E-state index contributed by atoms with van der Waals surface area (Å²) in [5.41, 5.74) is 2.18. The molecule has 0 radical (unpaired) electrons. The number of methoxy groups -OCH3 is 1. The maximum absolute atomic E-state index is 13.7. The summed E-state index contributed by atoms with van der Waals surface area (Å²) in [6, 6.07) is 13.8. The van der Waals surface area contributed by atoms with Crippen LogP contribution in [0.1, 0.15) is 34.5 Å². The van der Waals surface area contributed by atoms with E-state index in [1.807, 2.05) is 25.1 Å². The van der Waals surface area contributed by atoms with E-state index in [-0.39, 0.29) is 17.8 Å². The molecule has 0 unspecified atom stereocenters. The van der Waals surface area contributed by atoms with Crippen molar-refractivity contribution in [3.05, 3.63) is 71.0 Å². The van der Waals surface area contributed by atoms with E-state index in [9.17, 15) is 9.18 Å². The molecular formula is C17H18FNO2. The molecule has 110 valence electrons. The topological polar surface area (TPSA) is 38.3 Å². The molecule has 2 rings (SSSR count). The van der Waals surface area contributed by atoms with Crippen molar-refractivity contribution >= 4 is 5.97 Å². The number of halogens is 1. The van der Waals surface area contributed by atoms with Crippen LogP contribution in [0.25, 0.3) is 0 Å². The zero-order valence-corrected chi connectivity index (χ0v) is 12.1. The van der Waals surface area contributed by atoms with Gasteiger partial charge in [0, 0.05) is 18.2 Å². The second-order valence-electron chi connectivity index (χ2n) is 4.81. The van der Waals surface area contributed by atoms with Gasteiger partial charge in [-0.15, -0.1) is 0 Å². The first kappa shape index (κ1) is 15.2. The van der Waals surface area contributed by atoms with Gasteiger partial charge < -0.3 is 10.1 Å². The fourth-order valence-electron chi connectivity index (χ4n) is 2.08. The number of benzene rings is 2. The van der Waals surface area contributed by atoms with Crippen LogP contribution in [0.15, 0.2) is 48.5 Å². The van der Waals surface area contributed by atoms with Gasteiger partial charge in [0.15, 0.2) is 0 Å². The molecule has 0 saturated carbocycles. The van der Waals surface area contributed by atoms with Gasteiger partial charge in [0.05, 0.1) is 12.7 Å². The zero-order chi connectivity index (χ0) is 15.2. The highest BCUT2D eigenvalue weighted by atomic mass is 19.1. The van der Waals surface area contributed by atoms with Crippen molar-refractivity contribution in [2.45, 2.75) is 19.5 Å². The molecule has 2 aromatic carbocycles. The van der Waals surface area contributed by atoms with Crippen LogP contribution in [0.2, 0.25) is 0 Å². The van der Waals surface area contributed by atoms with Gasteiger partial charge in [-0.05, 0) is 30.7 Å². The third-order valence-corrected chi connectivity index (χ3v) is 3.36. The summed E-state index contributed by atoms with van der Waals surface area (Å²) in [7, 11) is 1.36. The van der Waals surface area contributed by atoms with Crippen LogP contribution < -0.4 is 5.32 Å². The van der Waals surface area contributed by atoms with Gasteiger partial charge in [-0.25, -0.2) is 9.18 Å². The summed E-state index contributed by atoms with van der Waals surface area (Å²) in [5.74, 6) is -0.562. The highest BCUT2D eigenvalue weighted by Gasteiger charge is 2.10. The Morgan fingerprint density at radius 3 is 2.48 bits per heavy atom. The predicted octanol–water partition coefficient (Wildman–Crippen LogP) is 3.46. The molecule has 0 aliphatic heterocycles. The van der Waals surface area contributed by atoms with E-state index >= 15 is 0 Å². The minimum absolute atomic E-state index is 0.0912. The van der Waals surface area contributed by atoms with Gasteiger partial charge in [0.25, 0.3) is 0 Å². The van der Waals surface area contributed by atoms with Crippen molar-refractivity contribution < 1.29 is 13.9 Å². The van der Waals surface area contributed by atoms with E-state index in [0.717, 1.165) is 5.56 Å². The Morgan fingerprint density at radius 2 is 1.86 bits per heavy atom. The molecule has 0 saturated heterocycles. The molecule has 0 bridgehead atoms. The smallest absolute Gasteiger partial charge is 0.337 e. The number of carbonyl (C=O) groups excluding carboxylic acids is 1. The summed E-state index contributed by atoms with van der Waals surface area (Å²) in [5, 5.41) is 3.26. The van der Waals surface area contributed by atoms with Crippen LogP contribution in [-0.4, -0.2) is 13.1 Å². The second-order valence-corrected chi connectivity index (χ2v) is 4.81. The lowest BCUT2D eigenvalue weighted by Gasteiger charge is -2.15. The van der Waals surface area contributed by atoms with Gasteiger partial charge in [0.2, 0.25) is 0 Å². The first-order chi connectivity index (χ1) is 10.1. The van der Waals surface area contributed by atoms with Gasteiger partial charge >= 0.3 is 5.97 Å². The molecule has 3 nitrogen and oxygen atoms in total. The van der Waals surface area contributed by atoms with E-state index in [1.165, 1.54) is 13.2 Å². The lowest BCUT2D eigenvalue weighted by atomic mass is 10.1. The summed E-state index contributed by atoms with van der Waals surface area (Å²) in [6.45, 7) is 2.51. The van der Waals surface area contributed by atoms with Crippen LogP contribution in [0.5, 0.6) is 0 Å². The van der Waals surface area contributed by atoms with Crippen molar-refractivity contribution in [3.63, 3.8) is 0 Å². The Balaban J connectivity index is 1.97. The van der Waals surface area contributed by atoms with Gasteiger partial charge in [-0.2, -0.15) is 0 Å². The van der Waals surface area contributed by atoms with Crippen LogP contribution >= 0.6 is 0 Å². The van der Waals surface area contributed by atoms with Crippen molar-refractivity contribution in [3.8, 4) is 0 Å². The van der Waals surface area contributed by atoms with E-state index in [0.29, 0.717) is 17.7 Å². The average Bonchev–Trinajstić information content (AvgIpc) is 2.52. The summed E-state index contributed by atoms with van der Waals surface area (Å²) < 4.78 is 18.3. The van der Waals surface area contributed by atoms with Gasteiger partial charge in [-0.3, -0.25) is 0 Å². The lowest BCUT2D eigenvalue weighted by molar-refractivity contribution is 0.0600. The van der Waals surface area contributed by atoms with Gasteiger partial charge in [0.1, 0.15) is 5.82 Å². The predicted molar refractivity (Wildman–Crippen MR) is 79.4 cm³/mol. The first-order valence-electron chi connectivity index (χ1n) is 6.77. The zero-order valence-electron chi connectivity index (χ0n) is 12.1. The van der Waals surface area contributed by atoms with E-state index in [2.05, 4.69) is 10.1 Å². The quantitative estimate of drug-likeness (QED) is 0.856. The van der Waals surface area contributed by atoms with Crippen LogP contribution in [0.4, 0.5) is 4.39 Å². The van der Waals surface area contributed by atoms with Crippen molar-refractivity contribution in [1.82, 2.24) is 5.32 Å². The normalized spacial score (nSPS) is 12.0. The number of hydrogen-bond acceptors (Lipinski definition) is 3. The molecule has 21 heavy (non-hydrogen) atoms. The molecule has 0 fully saturated rings. The minimum atomic E-state index is -0.353. The highest BCUT2D eigenvalue weighted by molar-refractivity contribution is 5.89. The Kier molecular flexibility index (Phi) is 5.06. The van der Waals surface area contributed by atoms with Crippen LogP contribution in [-0.2, 0) is 11.3 Å². The molecule has 1 atom stereocenters. The Morgan fingerprint density at radius 1 is 1.19 bits per heavy atom. The molecule has 0 aliphatic carbocycles. The molecular weight excluding hydrogens is 269 g/mol. The van der Waals surface area contributed by atoms with Crippen molar-refractivity contribution in [2.75, 3.05) is 7.11 Å². The number of rotatable bonds is 5. The van der Waals surface area contributed by atoms with E-state index < -0.39 is 0 Å². The fraction of sp³-hybridized carbons (Fsp3) is 0.235. The number of esters is 1. The number of ether oxygens (including phenoxy) is 1. The largest absolute Gasteiger partial charge is 0.465 e. The Labute approximate surface area is 123 Å². The number of hydrogen-bond donors (Lipinski definition) is 1. The SMILES string of the molecule is COC(=O)c1ccc(CN[C@H](C)c2ccccc2F)cc1. The van der Waals surface area contributed by atoms with E-state index in [1.54, 1.807) is 24.3 Å². The standard InChI is InChI=1S/C17H18FNO2/c1-12(15-5-3-4-6-16(15)18)19-11-13-7-9-14(10-8-13)17(20)21-2/h3-10,12,19H,11H2,1-2H3/t12-/m1/s1. The molecule has 0 heterocycles. The second kappa shape index (κ2) is 6.99. The fourth-order valence-corrected chi connectivity index (χ4v) is 2.08. The number of carbonyl (C=O) groups is 1. The molecule has 1 N–H and O–H groups in total. The molecule has 0 aromatic heterocycles. The van der Waals surface area contributed by atoms with Crippen molar-refractivity contribution in [2.24, 2.45) is 0 Å². The first-order valence-corrected chi connectivity index (χ1v) is 6.77. The third-order valence-electron chi connectivity index (χ3n) is 3.36. The summed E-state index contributed by atoms with van der Waals surface area (Å²) in [4.78, 5) is 11.3. The lowest BCUT2D eigenvalue weighted by Crippen LogP contribution is -2.19. The minimum Gasteiger partial charge on any atom is -0.465 e. The number of nitrogens with one attached hydrogen (secondary N) is 1. The Bertz CT molecular complexity index is 610. The van der Waals surface area contributed by atoms with Crippen LogP contribution in [0.3, 0.4) is 0 Å². The van der Waals surface area contributed by atoms with E-state index in [4.69, 9.17) is 0 Å². The molecule has 0 spiro atoms. The summed E-state index contributed by atoms with van der Waals surface area (Å²) in [6.07, 6.45) is 0. The maximum atomic E-state index is 13.7. The molecule has 0 aliphatic rings. The van der Waals surface area contributed by atoms with Gasteiger partial charge in [-0.1, -0.05) is 30.3 Å². The highest BCUT2D eigenvalue weighted by Crippen LogP contribution is 2.16. The van der Waals surface area contributed by atoms with Crippen LogP contribution in [0, 0.1) is 5.82 Å². The maximum Gasteiger partial charge on any atom is 0.337 e. The average molecular weight is 287 g/mol. The summed E-state index contributed by atoms with van der Waals surface area (Å²) >= 11 is 0. The Hall–Kier alpha value is -2.20. The monoisotopic (exact) mass is 287 g/mol.